The van der Waals surface area contributed by atoms with Gasteiger partial charge in [-0.3, -0.25) is 0 Å². The topological polar surface area (TPSA) is 56.3 Å². The first-order chi connectivity index (χ1) is 10.4. The van der Waals surface area contributed by atoms with Gasteiger partial charge in [0.15, 0.2) is 23.0 Å². The second kappa shape index (κ2) is 6.50. The van der Waals surface area contributed by atoms with E-state index in [1.807, 2.05) is 6.92 Å². The summed E-state index contributed by atoms with van der Waals surface area (Å²) in [4.78, 5) is 0. The zero-order valence-electron chi connectivity index (χ0n) is 11.9. The van der Waals surface area contributed by atoms with Crippen molar-refractivity contribution in [2.75, 3.05) is 19.0 Å². The fourth-order valence-corrected chi connectivity index (χ4v) is 1.72. The molecule has 0 aliphatic carbocycles. The monoisotopic (exact) mass is 313 g/mol. The van der Waals surface area contributed by atoms with Crippen molar-refractivity contribution >= 4 is 11.5 Å². The number of hydrogen-bond donors (Lipinski definition) is 1. The van der Waals surface area contributed by atoms with Crippen LogP contribution in [-0.2, 0) is 6.18 Å². The molecule has 118 valence electrons. The highest BCUT2D eigenvalue weighted by molar-refractivity contribution is 5.61. The Kier molecular flexibility index (Phi) is 4.69. The van der Waals surface area contributed by atoms with Crippen molar-refractivity contribution in [1.82, 2.24) is 10.2 Å². The van der Waals surface area contributed by atoms with Crippen LogP contribution in [0.25, 0.3) is 0 Å². The number of anilines is 2. The zero-order valence-corrected chi connectivity index (χ0v) is 11.9. The summed E-state index contributed by atoms with van der Waals surface area (Å²) in [5, 5.41) is 9.49. The molecule has 1 aromatic carbocycles. The lowest BCUT2D eigenvalue weighted by Crippen LogP contribution is -2.09. The van der Waals surface area contributed by atoms with Crippen molar-refractivity contribution in [2.24, 2.45) is 0 Å². The Morgan fingerprint density at radius 2 is 1.86 bits per heavy atom. The molecule has 8 heteroatoms. The summed E-state index contributed by atoms with van der Waals surface area (Å²) < 4.78 is 47.8. The Labute approximate surface area is 125 Å². The molecule has 0 spiro atoms. The molecule has 1 N–H and O–H groups in total. The van der Waals surface area contributed by atoms with E-state index < -0.39 is 11.9 Å². The van der Waals surface area contributed by atoms with E-state index in [4.69, 9.17) is 9.47 Å². The first kappa shape index (κ1) is 15.9. The molecular weight excluding hydrogens is 299 g/mol. The molecule has 1 aromatic heterocycles. The average molecular weight is 313 g/mol. The van der Waals surface area contributed by atoms with Gasteiger partial charge in [0.25, 0.3) is 0 Å². The third-order valence-corrected chi connectivity index (χ3v) is 2.69. The smallest absolute Gasteiger partial charge is 0.435 e. The van der Waals surface area contributed by atoms with Gasteiger partial charge in [0.2, 0.25) is 0 Å². The quantitative estimate of drug-likeness (QED) is 0.913. The van der Waals surface area contributed by atoms with E-state index in [-0.39, 0.29) is 5.82 Å². The average Bonchev–Trinajstić information content (AvgIpc) is 2.48. The molecule has 0 saturated carbocycles. The van der Waals surface area contributed by atoms with E-state index in [0.29, 0.717) is 23.8 Å². The molecule has 0 aliphatic heterocycles. The predicted octanol–water partition coefficient (Wildman–Crippen LogP) is 3.65. The van der Waals surface area contributed by atoms with Crippen molar-refractivity contribution in [3.8, 4) is 11.5 Å². The number of rotatable bonds is 5. The van der Waals surface area contributed by atoms with E-state index in [0.717, 1.165) is 6.07 Å². The van der Waals surface area contributed by atoms with Crippen LogP contribution in [0.1, 0.15) is 12.6 Å². The Bertz CT molecular complexity index is 630. The molecule has 0 radical (unpaired) electrons. The molecule has 2 rings (SSSR count). The third kappa shape index (κ3) is 3.78. The first-order valence-corrected chi connectivity index (χ1v) is 6.43. The molecule has 2 aromatic rings. The summed E-state index contributed by atoms with van der Waals surface area (Å²) in [5.74, 6) is 1.28. The fraction of sp³-hybridized carbons (Fsp3) is 0.286. The van der Waals surface area contributed by atoms with Gasteiger partial charge < -0.3 is 14.8 Å². The maximum Gasteiger partial charge on any atom is 0.435 e. The van der Waals surface area contributed by atoms with Gasteiger partial charge >= 0.3 is 6.18 Å². The lowest BCUT2D eigenvalue weighted by atomic mass is 10.2. The van der Waals surface area contributed by atoms with E-state index in [2.05, 4.69) is 15.5 Å². The molecule has 0 aliphatic rings. The first-order valence-electron chi connectivity index (χ1n) is 6.43. The maximum absolute atomic E-state index is 12.4. The van der Waals surface area contributed by atoms with Crippen LogP contribution in [0.2, 0.25) is 0 Å². The largest absolute Gasteiger partial charge is 0.493 e. The van der Waals surface area contributed by atoms with Crippen LogP contribution < -0.4 is 14.8 Å². The number of nitrogens with zero attached hydrogens (tertiary/aromatic N) is 2. The molecule has 0 saturated heterocycles. The second-order valence-corrected chi connectivity index (χ2v) is 4.23. The summed E-state index contributed by atoms with van der Waals surface area (Å²) in [7, 11) is 1.50. The minimum Gasteiger partial charge on any atom is -0.493 e. The van der Waals surface area contributed by atoms with Gasteiger partial charge in [-0.2, -0.15) is 13.2 Å². The highest BCUT2D eigenvalue weighted by Gasteiger charge is 2.32. The Morgan fingerprint density at radius 3 is 2.41 bits per heavy atom. The molecule has 5 nitrogen and oxygen atoms in total. The van der Waals surface area contributed by atoms with Gasteiger partial charge in [-0.1, -0.05) is 0 Å². The van der Waals surface area contributed by atoms with E-state index in [1.165, 1.54) is 13.2 Å². The van der Waals surface area contributed by atoms with Crippen LogP contribution in [0.5, 0.6) is 11.5 Å². The summed E-state index contributed by atoms with van der Waals surface area (Å²) in [6, 6.07) is 7.12. The standard InChI is InChI=1S/C14H14F3N3O2/c1-3-22-10-5-4-9(8-11(10)21-2)18-13-7-6-12(19-20-13)14(15,16)17/h4-8H,3H2,1-2H3,(H,18,20). The predicted molar refractivity (Wildman–Crippen MR) is 74.5 cm³/mol. The van der Waals surface area contributed by atoms with Crippen molar-refractivity contribution in [3.05, 3.63) is 36.0 Å². The van der Waals surface area contributed by atoms with Crippen LogP contribution in [0, 0.1) is 0 Å². The maximum atomic E-state index is 12.4. The molecule has 1 heterocycles. The van der Waals surface area contributed by atoms with Gasteiger partial charge in [-0.05, 0) is 31.2 Å². The van der Waals surface area contributed by atoms with Gasteiger partial charge in [-0.25, -0.2) is 0 Å². The van der Waals surface area contributed by atoms with Crippen LogP contribution in [0.3, 0.4) is 0 Å². The molecule has 0 unspecified atom stereocenters. The fourth-order valence-electron chi connectivity index (χ4n) is 1.72. The molecule has 0 bridgehead atoms. The third-order valence-electron chi connectivity index (χ3n) is 2.69. The number of hydrogen-bond acceptors (Lipinski definition) is 5. The van der Waals surface area contributed by atoms with Gasteiger partial charge in [0.1, 0.15) is 0 Å². The lowest BCUT2D eigenvalue weighted by molar-refractivity contribution is -0.141. The number of halogens is 3. The summed E-state index contributed by atoms with van der Waals surface area (Å²) >= 11 is 0. The van der Waals surface area contributed by atoms with Crippen LogP contribution in [0.15, 0.2) is 30.3 Å². The number of benzene rings is 1. The highest BCUT2D eigenvalue weighted by atomic mass is 19.4. The van der Waals surface area contributed by atoms with Gasteiger partial charge in [-0.15, -0.1) is 10.2 Å². The summed E-state index contributed by atoms with van der Waals surface area (Å²) in [5.41, 5.74) is -0.448. The minimum absolute atomic E-state index is 0.194. The molecule has 0 amide bonds. The summed E-state index contributed by atoms with van der Waals surface area (Å²) in [6.45, 7) is 2.34. The van der Waals surface area contributed by atoms with Gasteiger partial charge in [0.05, 0.1) is 13.7 Å². The Morgan fingerprint density at radius 1 is 1.09 bits per heavy atom. The molecule has 0 fully saturated rings. The SMILES string of the molecule is CCOc1ccc(Nc2ccc(C(F)(F)F)nn2)cc1OC. The normalized spacial score (nSPS) is 11.1. The number of aromatic nitrogens is 2. The van der Waals surface area contributed by atoms with Crippen molar-refractivity contribution in [1.29, 1.82) is 0 Å². The van der Waals surface area contributed by atoms with Crippen molar-refractivity contribution < 1.29 is 22.6 Å². The lowest BCUT2D eigenvalue weighted by Gasteiger charge is -2.12. The number of methoxy groups -OCH3 is 1. The minimum atomic E-state index is -4.51. The van der Waals surface area contributed by atoms with Crippen LogP contribution in [-0.4, -0.2) is 23.9 Å². The Hall–Kier alpha value is -2.51. The summed E-state index contributed by atoms with van der Waals surface area (Å²) in [6.07, 6.45) is -4.51. The van der Waals surface area contributed by atoms with Gasteiger partial charge in [0, 0.05) is 11.8 Å². The van der Waals surface area contributed by atoms with Crippen molar-refractivity contribution in [3.63, 3.8) is 0 Å². The number of nitrogens with one attached hydrogen (secondary N) is 1. The molecular formula is C14H14F3N3O2. The highest BCUT2D eigenvalue weighted by Crippen LogP contribution is 2.31. The number of ether oxygens (including phenoxy) is 2. The Balaban J connectivity index is 2.16. The molecule has 0 atom stereocenters. The molecule has 22 heavy (non-hydrogen) atoms. The van der Waals surface area contributed by atoms with E-state index in [1.54, 1.807) is 18.2 Å². The number of alkyl halides is 3. The second-order valence-electron chi connectivity index (χ2n) is 4.23. The van der Waals surface area contributed by atoms with E-state index >= 15 is 0 Å². The van der Waals surface area contributed by atoms with Crippen LogP contribution in [0.4, 0.5) is 24.7 Å². The van der Waals surface area contributed by atoms with E-state index in [9.17, 15) is 13.2 Å². The van der Waals surface area contributed by atoms with Crippen molar-refractivity contribution in [2.45, 2.75) is 13.1 Å². The van der Waals surface area contributed by atoms with Crippen LogP contribution >= 0.6 is 0 Å². The zero-order chi connectivity index (χ0) is 16.2.